The first-order chi connectivity index (χ1) is 8.85. The predicted octanol–water partition coefficient (Wildman–Crippen LogP) is 2.00. The zero-order valence-electron chi connectivity index (χ0n) is 11.4. The summed E-state index contributed by atoms with van der Waals surface area (Å²) in [6, 6.07) is 2.80. The quantitative estimate of drug-likeness (QED) is 0.729. The van der Waals surface area contributed by atoms with Crippen LogP contribution in [-0.2, 0) is 17.8 Å². The Bertz CT molecular complexity index is 347. The third kappa shape index (κ3) is 3.83. The number of ether oxygens (including phenoxy) is 1. The van der Waals surface area contributed by atoms with Crippen LogP contribution in [0.5, 0.6) is 0 Å². The van der Waals surface area contributed by atoms with E-state index in [-0.39, 0.29) is 0 Å². The van der Waals surface area contributed by atoms with Crippen molar-refractivity contribution in [1.82, 2.24) is 10.2 Å². The normalized spacial score (nSPS) is 15.5. The van der Waals surface area contributed by atoms with Crippen LogP contribution < -0.4 is 5.32 Å². The van der Waals surface area contributed by atoms with E-state index in [1.807, 2.05) is 0 Å². The van der Waals surface area contributed by atoms with Gasteiger partial charge >= 0.3 is 0 Å². The summed E-state index contributed by atoms with van der Waals surface area (Å²) in [6.07, 6.45) is 4.42. The zero-order chi connectivity index (χ0) is 12.8. The van der Waals surface area contributed by atoms with Crippen LogP contribution in [-0.4, -0.2) is 37.7 Å². The molecule has 0 radical (unpaired) electrons. The molecule has 4 heteroatoms. The molecule has 1 saturated carbocycles. The Labute approximate surface area is 109 Å². The molecule has 0 amide bonds. The smallest absolute Gasteiger partial charge is 0.122 e. The molecule has 0 atom stereocenters. The van der Waals surface area contributed by atoms with Crippen LogP contribution in [0.15, 0.2) is 16.7 Å². The maximum absolute atomic E-state index is 5.63. The molecular weight excluding hydrogens is 228 g/mol. The van der Waals surface area contributed by atoms with Gasteiger partial charge in [0.15, 0.2) is 0 Å². The van der Waals surface area contributed by atoms with Gasteiger partial charge in [-0.1, -0.05) is 6.92 Å². The molecule has 0 aliphatic heterocycles. The van der Waals surface area contributed by atoms with E-state index in [1.165, 1.54) is 18.4 Å². The van der Waals surface area contributed by atoms with Gasteiger partial charge in [0.2, 0.25) is 0 Å². The van der Waals surface area contributed by atoms with Crippen LogP contribution in [0.3, 0.4) is 0 Å². The van der Waals surface area contributed by atoms with Gasteiger partial charge in [-0.3, -0.25) is 4.90 Å². The minimum absolute atomic E-state index is 0.734. The van der Waals surface area contributed by atoms with Crippen molar-refractivity contribution in [3.05, 3.63) is 23.7 Å². The number of hydrogen-bond acceptors (Lipinski definition) is 4. The van der Waals surface area contributed by atoms with E-state index in [1.54, 1.807) is 13.4 Å². The van der Waals surface area contributed by atoms with Crippen molar-refractivity contribution in [3.63, 3.8) is 0 Å². The molecule has 1 aromatic heterocycles. The van der Waals surface area contributed by atoms with Crippen molar-refractivity contribution >= 4 is 0 Å². The van der Waals surface area contributed by atoms with Crippen molar-refractivity contribution in [2.45, 2.75) is 38.9 Å². The van der Waals surface area contributed by atoms with Gasteiger partial charge in [0.1, 0.15) is 5.76 Å². The fraction of sp³-hybridized carbons (Fsp3) is 0.714. The summed E-state index contributed by atoms with van der Waals surface area (Å²) in [5.41, 5.74) is 1.28. The molecule has 0 unspecified atom stereocenters. The minimum atomic E-state index is 0.734. The molecule has 4 nitrogen and oxygen atoms in total. The topological polar surface area (TPSA) is 37.6 Å². The lowest BCUT2D eigenvalue weighted by Gasteiger charge is -2.20. The van der Waals surface area contributed by atoms with Crippen molar-refractivity contribution < 1.29 is 9.15 Å². The maximum Gasteiger partial charge on any atom is 0.122 e. The van der Waals surface area contributed by atoms with Crippen LogP contribution in [0, 0.1) is 0 Å². The van der Waals surface area contributed by atoms with Gasteiger partial charge < -0.3 is 14.5 Å². The molecule has 18 heavy (non-hydrogen) atoms. The number of furan rings is 1. The fourth-order valence-corrected chi connectivity index (χ4v) is 2.15. The summed E-state index contributed by atoms with van der Waals surface area (Å²) in [5, 5.41) is 3.35. The summed E-state index contributed by atoms with van der Waals surface area (Å²) in [6.45, 7) is 6.69. The van der Waals surface area contributed by atoms with Crippen LogP contribution in [0.1, 0.15) is 31.1 Å². The highest BCUT2D eigenvalue weighted by molar-refractivity contribution is 5.17. The second-order valence-electron chi connectivity index (χ2n) is 4.84. The van der Waals surface area contributed by atoms with E-state index >= 15 is 0 Å². The Hall–Kier alpha value is -0.840. The Morgan fingerprint density at radius 3 is 3.00 bits per heavy atom. The highest BCUT2D eigenvalue weighted by atomic mass is 16.5. The number of methoxy groups -OCH3 is 1. The first-order valence-corrected chi connectivity index (χ1v) is 6.84. The largest absolute Gasteiger partial charge is 0.468 e. The summed E-state index contributed by atoms with van der Waals surface area (Å²) in [7, 11) is 1.76. The summed E-state index contributed by atoms with van der Waals surface area (Å²) in [4.78, 5) is 2.47. The summed E-state index contributed by atoms with van der Waals surface area (Å²) in [5.74, 6) is 1.10. The summed E-state index contributed by atoms with van der Waals surface area (Å²) >= 11 is 0. The van der Waals surface area contributed by atoms with Gasteiger partial charge in [-0.05, 0) is 25.5 Å². The van der Waals surface area contributed by atoms with Crippen LogP contribution >= 0.6 is 0 Å². The molecule has 1 aromatic rings. The van der Waals surface area contributed by atoms with E-state index in [2.05, 4.69) is 23.2 Å². The molecule has 0 bridgehead atoms. The molecular formula is C14H24N2O2. The van der Waals surface area contributed by atoms with Gasteiger partial charge in [-0.15, -0.1) is 0 Å². The molecule has 1 aliphatic carbocycles. The average molecular weight is 252 g/mol. The third-order valence-electron chi connectivity index (χ3n) is 3.40. The van der Waals surface area contributed by atoms with E-state index in [0.29, 0.717) is 0 Å². The highest BCUT2D eigenvalue weighted by Gasteiger charge is 2.29. The van der Waals surface area contributed by atoms with Crippen molar-refractivity contribution in [1.29, 1.82) is 0 Å². The zero-order valence-corrected chi connectivity index (χ0v) is 11.4. The molecule has 2 rings (SSSR count). The van der Waals surface area contributed by atoms with Gasteiger partial charge in [-0.2, -0.15) is 0 Å². The lowest BCUT2D eigenvalue weighted by molar-refractivity contribution is 0.134. The van der Waals surface area contributed by atoms with Gasteiger partial charge in [0, 0.05) is 31.8 Å². The predicted molar refractivity (Wildman–Crippen MR) is 71.4 cm³/mol. The number of nitrogens with zero attached hydrogens (tertiary/aromatic N) is 1. The number of nitrogens with one attached hydrogen (secondary N) is 1. The third-order valence-corrected chi connectivity index (χ3v) is 3.40. The molecule has 1 aliphatic rings. The molecule has 1 N–H and O–H groups in total. The molecule has 1 heterocycles. The Morgan fingerprint density at radius 1 is 1.50 bits per heavy atom. The summed E-state index contributed by atoms with van der Waals surface area (Å²) < 4.78 is 10.8. The van der Waals surface area contributed by atoms with Crippen molar-refractivity contribution in [2.75, 3.05) is 26.8 Å². The second kappa shape index (κ2) is 6.92. The van der Waals surface area contributed by atoms with Crippen LogP contribution in [0.25, 0.3) is 0 Å². The fourth-order valence-electron chi connectivity index (χ4n) is 2.15. The SMILES string of the molecule is CCNCc1ccoc1CN(CCOC)C1CC1. The first kappa shape index (κ1) is 13.6. The molecule has 0 aromatic carbocycles. The lowest BCUT2D eigenvalue weighted by atomic mass is 10.2. The van der Waals surface area contributed by atoms with E-state index < -0.39 is 0 Å². The van der Waals surface area contributed by atoms with E-state index in [9.17, 15) is 0 Å². The lowest BCUT2D eigenvalue weighted by Crippen LogP contribution is -2.29. The maximum atomic E-state index is 5.63. The van der Waals surface area contributed by atoms with Gasteiger partial charge in [0.05, 0.1) is 19.4 Å². The minimum Gasteiger partial charge on any atom is -0.468 e. The molecule has 0 saturated heterocycles. The van der Waals surface area contributed by atoms with Crippen LogP contribution in [0.2, 0.25) is 0 Å². The standard InChI is InChI=1S/C14H24N2O2/c1-3-15-10-12-6-8-18-14(12)11-16(7-9-17-2)13-4-5-13/h6,8,13,15H,3-5,7,9-11H2,1-2H3. The first-order valence-electron chi connectivity index (χ1n) is 6.84. The Balaban J connectivity index is 1.91. The second-order valence-corrected chi connectivity index (χ2v) is 4.84. The Kier molecular flexibility index (Phi) is 5.23. The number of rotatable bonds is 9. The molecule has 0 spiro atoms. The van der Waals surface area contributed by atoms with Crippen molar-refractivity contribution in [3.8, 4) is 0 Å². The van der Waals surface area contributed by atoms with Gasteiger partial charge in [-0.25, -0.2) is 0 Å². The van der Waals surface area contributed by atoms with E-state index in [0.717, 1.165) is 44.6 Å². The number of hydrogen-bond donors (Lipinski definition) is 1. The molecule has 102 valence electrons. The van der Waals surface area contributed by atoms with Crippen LogP contribution in [0.4, 0.5) is 0 Å². The monoisotopic (exact) mass is 252 g/mol. The Morgan fingerprint density at radius 2 is 2.33 bits per heavy atom. The average Bonchev–Trinajstić information content (AvgIpc) is 3.13. The molecule has 1 fully saturated rings. The highest BCUT2D eigenvalue weighted by Crippen LogP contribution is 2.28. The van der Waals surface area contributed by atoms with Gasteiger partial charge in [0.25, 0.3) is 0 Å². The van der Waals surface area contributed by atoms with Crippen molar-refractivity contribution in [2.24, 2.45) is 0 Å². The van der Waals surface area contributed by atoms with E-state index in [4.69, 9.17) is 9.15 Å².